The van der Waals surface area contributed by atoms with Crippen molar-refractivity contribution < 1.29 is 9.53 Å². The zero-order chi connectivity index (χ0) is 10.7. The van der Waals surface area contributed by atoms with Crippen molar-refractivity contribution in [3.8, 4) is 5.75 Å². The molecule has 0 atom stereocenters. The molecular weight excluding hydrogens is 244 g/mol. The summed E-state index contributed by atoms with van der Waals surface area (Å²) in [5, 5.41) is 0. The van der Waals surface area contributed by atoms with Crippen molar-refractivity contribution in [2.75, 3.05) is 7.11 Å². The van der Waals surface area contributed by atoms with Gasteiger partial charge < -0.3 is 4.74 Å². The maximum atomic E-state index is 11.3. The van der Waals surface area contributed by atoms with Gasteiger partial charge in [0.15, 0.2) is 5.78 Å². The van der Waals surface area contributed by atoms with Gasteiger partial charge in [0.05, 0.1) is 17.1 Å². The summed E-state index contributed by atoms with van der Waals surface area (Å²) < 4.78 is 6.01. The van der Waals surface area contributed by atoms with Crippen LogP contribution in [0.3, 0.4) is 0 Å². The van der Waals surface area contributed by atoms with E-state index in [1.165, 1.54) is 0 Å². The number of rotatable bonds is 3. The van der Waals surface area contributed by atoms with Crippen molar-refractivity contribution in [1.29, 1.82) is 0 Å². The molecule has 1 aromatic rings. The smallest absolute Gasteiger partial charge is 0.163 e. The molecule has 76 valence electrons. The number of halogens is 1. The minimum atomic E-state index is 0.0258. The maximum Gasteiger partial charge on any atom is 0.163 e. The number of hydrogen-bond donors (Lipinski definition) is 0. The molecule has 0 aliphatic heterocycles. The number of methoxy groups -OCH3 is 1. The first kappa shape index (κ1) is 11.2. The van der Waals surface area contributed by atoms with Gasteiger partial charge >= 0.3 is 0 Å². The van der Waals surface area contributed by atoms with Crippen LogP contribution in [0, 0.1) is 0 Å². The standard InChI is InChI=1S/C11H13BrO2/c1-4-8-5-9(7(2)13)11(14-3)10(12)6-8/h5-6H,4H2,1-3H3. The summed E-state index contributed by atoms with van der Waals surface area (Å²) in [5.41, 5.74) is 1.77. The van der Waals surface area contributed by atoms with E-state index in [0.717, 1.165) is 16.5 Å². The van der Waals surface area contributed by atoms with E-state index in [2.05, 4.69) is 22.9 Å². The number of ether oxygens (including phenoxy) is 1. The number of hydrogen-bond acceptors (Lipinski definition) is 2. The van der Waals surface area contributed by atoms with Gasteiger partial charge in [-0.1, -0.05) is 6.92 Å². The molecule has 0 radical (unpaired) electrons. The molecule has 3 heteroatoms. The number of ketones is 1. The average Bonchev–Trinajstić information content (AvgIpc) is 2.16. The molecule has 0 heterocycles. The summed E-state index contributed by atoms with van der Waals surface area (Å²) in [6, 6.07) is 3.86. The Kier molecular flexibility index (Phi) is 3.69. The molecule has 0 unspecified atom stereocenters. The molecule has 2 nitrogen and oxygen atoms in total. The summed E-state index contributed by atoms with van der Waals surface area (Å²) in [4.78, 5) is 11.3. The lowest BCUT2D eigenvalue weighted by molar-refractivity contribution is 0.101. The van der Waals surface area contributed by atoms with Gasteiger partial charge in [0.2, 0.25) is 0 Å². The fourth-order valence-electron chi connectivity index (χ4n) is 1.32. The predicted molar refractivity (Wildman–Crippen MR) is 60.1 cm³/mol. The molecule has 0 bridgehead atoms. The van der Waals surface area contributed by atoms with Crippen LogP contribution in [-0.2, 0) is 6.42 Å². The highest BCUT2D eigenvalue weighted by Gasteiger charge is 2.12. The molecule has 1 rings (SSSR count). The second kappa shape index (κ2) is 4.60. The van der Waals surface area contributed by atoms with Gasteiger partial charge in [-0.15, -0.1) is 0 Å². The molecule has 0 N–H and O–H groups in total. The fraction of sp³-hybridized carbons (Fsp3) is 0.364. The van der Waals surface area contributed by atoms with Gasteiger partial charge in [0.25, 0.3) is 0 Å². The van der Waals surface area contributed by atoms with E-state index in [-0.39, 0.29) is 5.78 Å². The quantitative estimate of drug-likeness (QED) is 0.777. The third kappa shape index (κ3) is 2.15. The summed E-state index contributed by atoms with van der Waals surface area (Å²) >= 11 is 3.39. The van der Waals surface area contributed by atoms with Crippen molar-refractivity contribution in [3.05, 3.63) is 27.7 Å². The summed E-state index contributed by atoms with van der Waals surface area (Å²) in [7, 11) is 1.57. The Morgan fingerprint density at radius 3 is 2.57 bits per heavy atom. The molecule has 0 aliphatic rings. The number of Topliss-reactive ketones (excluding diaryl/α,β-unsaturated/α-hetero) is 1. The lowest BCUT2D eigenvalue weighted by Crippen LogP contribution is -2.00. The lowest BCUT2D eigenvalue weighted by atomic mass is 10.1. The third-order valence-electron chi connectivity index (χ3n) is 2.10. The highest BCUT2D eigenvalue weighted by molar-refractivity contribution is 9.10. The molecule has 0 aromatic heterocycles. The van der Waals surface area contributed by atoms with E-state index in [0.29, 0.717) is 11.3 Å². The average molecular weight is 257 g/mol. The monoisotopic (exact) mass is 256 g/mol. The van der Waals surface area contributed by atoms with Gasteiger partial charge in [0, 0.05) is 0 Å². The van der Waals surface area contributed by atoms with Crippen LogP contribution in [0.2, 0.25) is 0 Å². The Morgan fingerprint density at radius 1 is 1.50 bits per heavy atom. The van der Waals surface area contributed by atoms with Gasteiger partial charge in [-0.2, -0.15) is 0 Å². The lowest BCUT2D eigenvalue weighted by Gasteiger charge is -2.10. The Morgan fingerprint density at radius 2 is 2.14 bits per heavy atom. The first-order valence-electron chi connectivity index (χ1n) is 4.47. The highest BCUT2D eigenvalue weighted by Crippen LogP contribution is 2.31. The Balaban J connectivity index is 3.35. The summed E-state index contributed by atoms with van der Waals surface area (Å²) in [6.07, 6.45) is 0.906. The fourth-order valence-corrected chi connectivity index (χ4v) is 1.99. The van der Waals surface area contributed by atoms with Crippen LogP contribution in [0.5, 0.6) is 5.75 Å². The molecule has 0 spiro atoms. The Bertz CT molecular complexity index is 359. The maximum absolute atomic E-state index is 11.3. The van der Waals surface area contributed by atoms with E-state index in [4.69, 9.17) is 4.74 Å². The van der Waals surface area contributed by atoms with Crippen molar-refractivity contribution in [2.45, 2.75) is 20.3 Å². The van der Waals surface area contributed by atoms with Gasteiger partial charge in [0.1, 0.15) is 5.75 Å². The van der Waals surface area contributed by atoms with Gasteiger partial charge in [-0.25, -0.2) is 0 Å². The van der Waals surface area contributed by atoms with Crippen molar-refractivity contribution in [2.24, 2.45) is 0 Å². The Labute approximate surface area is 92.4 Å². The second-order valence-corrected chi connectivity index (χ2v) is 3.92. The normalized spacial score (nSPS) is 10.0. The largest absolute Gasteiger partial charge is 0.495 e. The highest BCUT2D eigenvalue weighted by atomic mass is 79.9. The van der Waals surface area contributed by atoms with E-state index in [1.807, 2.05) is 12.1 Å². The van der Waals surface area contributed by atoms with Crippen LogP contribution in [0.1, 0.15) is 29.8 Å². The van der Waals surface area contributed by atoms with Crippen molar-refractivity contribution >= 4 is 21.7 Å². The van der Waals surface area contributed by atoms with Crippen LogP contribution in [-0.4, -0.2) is 12.9 Å². The van der Waals surface area contributed by atoms with Gasteiger partial charge in [-0.05, 0) is 47.0 Å². The molecular formula is C11H13BrO2. The van der Waals surface area contributed by atoms with Crippen molar-refractivity contribution in [1.82, 2.24) is 0 Å². The topological polar surface area (TPSA) is 26.3 Å². The minimum Gasteiger partial charge on any atom is -0.495 e. The summed E-state index contributed by atoms with van der Waals surface area (Å²) in [6.45, 7) is 3.60. The van der Waals surface area contributed by atoms with Crippen LogP contribution >= 0.6 is 15.9 Å². The molecule has 0 saturated carbocycles. The molecule has 1 aromatic carbocycles. The molecule has 0 saturated heterocycles. The second-order valence-electron chi connectivity index (χ2n) is 3.07. The minimum absolute atomic E-state index is 0.0258. The zero-order valence-corrected chi connectivity index (χ0v) is 10.1. The van der Waals surface area contributed by atoms with E-state index >= 15 is 0 Å². The van der Waals surface area contributed by atoms with Crippen molar-refractivity contribution in [3.63, 3.8) is 0 Å². The van der Waals surface area contributed by atoms with Crippen LogP contribution in [0.4, 0.5) is 0 Å². The van der Waals surface area contributed by atoms with Crippen LogP contribution in [0.15, 0.2) is 16.6 Å². The zero-order valence-electron chi connectivity index (χ0n) is 8.56. The van der Waals surface area contributed by atoms with E-state index in [1.54, 1.807) is 14.0 Å². The number of carbonyl (C=O) groups excluding carboxylic acids is 1. The Hall–Kier alpha value is -0.830. The van der Waals surface area contributed by atoms with E-state index in [9.17, 15) is 4.79 Å². The molecule has 0 aliphatic carbocycles. The SMILES string of the molecule is CCc1cc(Br)c(OC)c(C(C)=O)c1. The number of carbonyl (C=O) groups is 1. The predicted octanol–water partition coefficient (Wildman–Crippen LogP) is 3.22. The van der Waals surface area contributed by atoms with E-state index < -0.39 is 0 Å². The molecule has 14 heavy (non-hydrogen) atoms. The molecule has 0 fully saturated rings. The molecule has 0 amide bonds. The number of aryl methyl sites for hydroxylation is 1. The first-order valence-corrected chi connectivity index (χ1v) is 5.26. The number of benzene rings is 1. The van der Waals surface area contributed by atoms with Crippen LogP contribution in [0.25, 0.3) is 0 Å². The first-order chi connectivity index (χ1) is 6.60. The van der Waals surface area contributed by atoms with Gasteiger partial charge in [-0.3, -0.25) is 4.79 Å². The summed E-state index contributed by atoms with van der Waals surface area (Å²) in [5.74, 6) is 0.646. The third-order valence-corrected chi connectivity index (χ3v) is 2.68. The van der Waals surface area contributed by atoms with Crippen LogP contribution < -0.4 is 4.74 Å².